The molecule has 1 atom stereocenters. The summed E-state index contributed by atoms with van der Waals surface area (Å²) >= 11 is 6.73. The average molecular weight is 568 g/mol. The Bertz CT molecular complexity index is 1510. The molecule has 0 aliphatic rings. The number of rotatable bonds is 9. The van der Waals surface area contributed by atoms with E-state index >= 15 is 0 Å². The number of primary amides is 1. The van der Waals surface area contributed by atoms with Crippen molar-refractivity contribution in [1.82, 2.24) is 9.69 Å². The average Bonchev–Trinajstić information content (AvgIpc) is 3.34. The molecule has 5 N–H and O–H groups in total. The van der Waals surface area contributed by atoms with Crippen LogP contribution in [0.3, 0.4) is 0 Å². The fourth-order valence-electron chi connectivity index (χ4n) is 3.84. The Kier molecular flexibility index (Phi) is 8.43. The number of nitrogens with one attached hydrogen (secondary N) is 1. The summed E-state index contributed by atoms with van der Waals surface area (Å²) in [5, 5.41) is 2.59. The molecule has 0 saturated heterocycles. The summed E-state index contributed by atoms with van der Waals surface area (Å²) in [5.74, 6) is -2.41. The van der Waals surface area contributed by atoms with Gasteiger partial charge in [-0.15, -0.1) is 0 Å². The molecule has 4 aromatic rings. The van der Waals surface area contributed by atoms with Gasteiger partial charge in [-0.2, -0.15) is 4.37 Å². The van der Waals surface area contributed by atoms with Crippen LogP contribution in [0.15, 0.2) is 72.8 Å². The summed E-state index contributed by atoms with van der Waals surface area (Å²) in [4.78, 5) is 40.6. The number of nitrogen functional groups attached to an aromatic ring is 1. The van der Waals surface area contributed by atoms with Crippen molar-refractivity contribution in [2.45, 2.75) is 12.6 Å². The molecule has 39 heavy (non-hydrogen) atoms. The van der Waals surface area contributed by atoms with Gasteiger partial charge in [0.25, 0.3) is 11.8 Å². The maximum atomic E-state index is 14.1. The topological polar surface area (TPSA) is 141 Å². The van der Waals surface area contributed by atoms with E-state index in [9.17, 15) is 18.8 Å². The molecule has 0 saturated carbocycles. The van der Waals surface area contributed by atoms with Crippen molar-refractivity contribution >= 4 is 52.2 Å². The van der Waals surface area contributed by atoms with Crippen LogP contribution in [0.5, 0.6) is 5.75 Å². The van der Waals surface area contributed by atoms with E-state index < -0.39 is 29.6 Å². The summed E-state index contributed by atoms with van der Waals surface area (Å²) < 4.78 is 23.3. The number of carbonyl (C=O) groups excluding carboxylic acids is 3. The normalized spacial score (nSPS) is 11.5. The summed E-state index contributed by atoms with van der Waals surface area (Å²) in [6, 6.07) is 18.1. The molecule has 0 bridgehead atoms. The van der Waals surface area contributed by atoms with Crippen LogP contribution in [0.4, 0.5) is 15.8 Å². The predicted octanol–water partition coefficient (Wildman–Crippen LogP) is 4.33. The fourth-order valence-corrected chi connectivity index (χ4v) is 4.76. The second kappa shape index (κ2) is 11.9. The van der Waals surface area contributed by atoms with Gasteiger partial charge in [0.05, 0.1) is 17.8 Å². The number of carbonyl (C=O) groups is 3. The minimum absolute atomic E-state index is 0.107. The lowest BCUT2D eigenvalue weighted by Crippen LogP contribution is -2.44. The Morgan fingerprint density at radius 3 is 2.38 bits per heavy atom. The van der Waals surface area contributed by atoms with Crippen molar-refractivity contribution in [1.29, 1.82) is 0 Å². The standard InChI is InChI=1S/C27H23ClFN5O4S/c1-38-18-10-7-16(8-11-18)23(26(36)32-14-15-5-3-2-4-6-15)34(17-9-12-20(29)19(28)13-17)27(37)24-21(30)22(25(31)35)33-39-24/h2-13,23H,14,30H2,1H3,(H2,31,35)(H,32,36). The smallest absolute Gasteiger partial charge is 0.273 e. The Morgan fingerprint density at radius 2 is 1.79 bits per heavy atom. The highest BCUT2D eigenvalue weighted by atomic mass is 35.5. The summed E-state index contributed by atoms with van der Waals surface area (Å²) in [6.45, 7) is 0.174. The van der Waals surface area contributed by atoms with E-state index in [1.807, 2.05) is 30.3 Å². The number of ether oxygens (including phenoxy) is 1. The Balaban J connectivity index is 1.85. The van der Waals surface area contributed by atoms with Crippen LogP contribution in [-0.4, -0.2) is 29.2 Å². The molecular weight excluding hydrogens is 545 g/mol. The molecule has 12 heteroatoms. The first kappa shape index (κ1) is 27.6. The zero-order valence-corrected chi connectivity index (χ0v) is 22.1. The molecule has 0 fully saturated rings. The monoisotopic (exact) mass is 567 g/mol. The number of anilines is 2. The van der Waals surface area contributed by atoms with Gasteiger partial charge in [0.2, 0.25) is 5.91 Å². The van der Waals surface area contributed by atoms with E-state index in [0.29, 0.717) is 22.8 Å². The van der Waals surface area contributed by atoms with Crippen LogP contribution in [-0.2, 0) is 11.3 Å². The molecule has 200 valence electrons. The third kappa shape index (κ3) is 6.00. The van der Waals surface area contributed by atoms with Gasteiger partial charge in [0, 0.05) is 12.2 Å². The third-order valence-electron chi connectivity index (χ3n) is 5.80. The van der Waals surface area contributed by atoms with E-state index in [0.717, 1.165) is 16.5 Å². The predicted molar refractivity (Wildman–Crippen MR) is 147 cm³/mol. The highest BCUT2D eigenvalue weighted by molar-refractivity contribution is 7.09. The lowest BCUT2D eigenvalue weighted by Gasteiger charge is -2.31. The molecule has 0 aliphatic heterocycles. The Labute approximate surface area is 232 Å². The molecule has 3 aromatic carbocycles. The van der Waals surface area contributed by atoms with Gasteiger partial charge in [0.15, 0.2) is 5.69 Å². The molecular formula is C27H23ClFN5O4S. The number of amides is 3. The largest absolute Gasteiger partial charge is 0.497 e. The van der Waals surface area contributed by atoms with Crippen molar-refractivity contribution < 1.29 is 23.5 Å². The van der Waals surface area contributed by atoms with Crippen LogP contribution in [0.25, 0.3) is 0 Å². The number of hydrogen-bond acceptors (Lipinski definition) is 7. The minimum Gasteiger partial charge on any atom is -0.497 e. The summed E-state index contributed by atoms with van der Waals surface area (Å²) in [6.07, 6.45) is 0. The minimum atomic E-state index is -1.27. The number of halogens is 2. The molecule has 1 aromatic heterocycles. The van der Waals surface area contributed by atoms with E-state index in [4.69, 9.17) is 27.8 Å². The molecule has 1 unspecified atom stereocenters. The van der Waals surface area contributed by atoms with Crippen molar-refractivity contribution in [3.05, 3.63) is 105 Å². The number of benzene rings is 3. The van der Waals surface area contributed by atoms with Gasteiger partial charge >= 0.3 is 0 Å². The van der Waals surface area contributed by atoms with Crippen molar-refractivity contribution in [3.63, 3.8) is 0 Å². The van der Waals surface area contributed by atoms with Crippen LogP contribution < -0.4 is 26.4 Å². The zero-order valence-electron chi connectivity index (χ0n) is 20.6. The van der Waals surface area contributed by atoms with Gasteiger partial charge in [-0.3, -0.25) is 19.3 Å². The second-order valence-corrected chi connectivity index (χ2v) is 9.47. The number of nitrogens with zero attached hydrogens (tertiary/aromatic N) is 2. The molecule has 1 heterocycles. The van der Waals surface area contributed by atoms with E-state index in [1.165, 1.54) is 19.2 Å². The van der Waals surface area contributed by atoms with Crippen molar-refractivity contribution in [2.75, 3.05) is 17.7 Å². The second-order valence-electron chi connectivity index (χ2n) is 8.29. The van der Waals surface area contributed by atoms with Gasteiger partial charge in [-0.05, 0) is 53.0 Å². The SMILES string of the molecule is COc1ccc(C(C(=O)NCc2ccccc2)N(C(=O)c2snc(C(N)=O)c2N)c2ccc(F)c(Cl)c2)cc1. The quantitative estimate of drug-likeness (QED) is 0.275. The lowest BCUT2D eigenvalue weighted by atomic mass is 10.0. The fraction of sp³-hybridized carbons (Fsp3) is 0.111. The van der Waals surface area contributed by atoms with Crippen LogP contribution in [0.2, 0.25) is 5.02 Å². The molecule has 3 amide bonds. The molecule has 0 spiro atoms. The molecule has 9 nitrogen and oxygen atoms in total. The maximum absolute atomic E-state index is 14.1. The zero-order chi connectivity index (χ0) is 28.1. The Morgan fingerprint density at radius 1 is 1.10 bits per heavy atom. The molecule has 0 radical (unpaired) electrons. The highest BCUT2D eigenvalue weighted by Gasteiger charge is 2.36. The maximum Gasteiger partial charge on any atom is 0.273 e. The molecule has 4 rings (SSSR count). The summed E-state index contributed by atoms with van der Waals surface area (Å²) in [5.41, 5.74) is 12.3. The van der Waals surface area contributed by atoms with Crippen LogP contribution in [0.1, 0.15) is 37.3 Å². The van der Waals surface area contributed by atoms with Crippen LogP contribution >= 0.6 is 23.1 Å². The highest BCUT2D eigenvalue weighted by Crippen LogP contribution is 2.35. The van der Waals surface area contributed by atoms with Gasteiger partial charge in [0.1, 0.15) is 22.5 Å². The summed E-state index contributed by atoms with van der Waals surface area (Å²) in [7, 11) is 1.50. The first-order valence-corrected chi connectivity index (χ1v) is 12.7. The van der Waals surface area contributed by atoms with Crippen molar-refractivity contribution in [3.8, 4) is 5.75 Å². The molecule has 0 aliphatic carbocycles. The first-order valence-electron chi connectivity index (χ1n) is 11.5. The number of hydrogen-bond donors (Lipinski definition) is 3. The number of aromatic nitrogens is 1. The van der Waals surface area contributed by atoms with E-state index in [-0.39, 0.29) is 33.5 Å². The van der Waals surface area contributed by atoms with Gasteiger partial charge in [-0.25, -0.2) is 4.39 Å². The van der Waals surface area contributed by atoms with E-state index in [1.54, 1.807) is 24.3 Å². The lowest BCUT2D eigenvalue weighted by molar-refractivity contribution is -0.122. The third-order valence-corrected chi connectivity index (χ3v) is 6.94. The number of nitrogens with two attached hydrogens (primary N) is 2. The van der Waals surface area contributed by atoms with Crippen molar-refractivity contribution in [2.24, 2.45) is 5.73 Å². The Hall–Kier alpha value is -4.48. The van der Waals surface area contributed by atoms with Crippen LogP contribution in [0, 0.1) is 5.82 Å². The number of methoxy groups -OCH3 is 1. The van der Waals surface area contributed by atoms with Gasteiger partial charge in [-0.1, -0.05) is 54.1 Å². The van der Waals surface area contributed by atoms with E-state index in [2.05, 4.69) is 9.69 Å². The van der Waals surface area contributed by atoms with Gasteiger partial charge < -0.3 is 21.5 Å². The first-order chi connectivity index (χ1) is 18.7.